The molecule has 0 unspecified atom stereocenters. The van der Waals surface area contributed by atoms with Crippen LogP contribution in [-0.4, -0.2) is 11.0 Å². The van der Waals surface area contributed by atoms with Crippen LogP contribution in [0.4, 0.5) is 0 Å². The Morgan fingerprint density at radius 3 is 2.00 bits per heavy atom. The smallest absolute Gasteiger partial charge is 0.0119 e. The molecule has 4 heavy (non-hydrogen) atoms. The Kier molecular flexibility index (Phi) is 4.33. The van der Waals surface area contributed by atoms with Crippen LogP contribution in [0, 0.1) is 0 Å². The van der Waals surface area contributed by atoms with Crippen molar-refractivity contribution < 1.29 is 0 Å². The standard InChI is InChI=1S/C2H6IN/c3-1-2-4/h1-2,4H2. The summed E-state index contributed by atoms with van der Waals surface area (Å²) in [7, 11) is 0. The molecule has 0 saturated carbocycles. The predicted molar refractivity (Wildman–Crippen MR) is 27.9 cm³/mol. The van der Waals surface area contributed by atoms with Gasteiger partial charge in [0.05, 0.1) is 0 Å². The van der Waals surface area contributed by atoms with Gasteiger partial charge < -0.3 is 5.73 Å². The zero-order valence-electron chi connectivity index (χ0n) is 2.37. The van der Waals surface area contributed by atoms with E-state index in [-0.39, 0.29) is 0 Å². The van der Waals surface area contributed by atoms with Crippen molar-refractivity contribution in [2.24, 2.45) is 5.73 Å². The molecule has 2 heteroatoms. The first kappa shape index (κ1) is 4.69. The van der Waals surface area contributed by atoms with Gasteiger partial charge in [-0.15, -0.1) is 0 Å². The van der Waals surface area contributed by atoms with Crippen LogP contribution in [0.1, 0.15) is 0 Å². The Hall–Kier alpha value is 0.690. The summed E-state index contributed by atoms with van der Waals surface area (Å²) < 4.78 is 1.07. The molecule has 0 aliphatic rings. The first-order valence-electron chi connectivity index (χ1n) is 1.18. The van der Waals surface area contributed by atoms with Crippen LogP contribution < -0.4 is 5.73 Å². The van der Waals surface area contributed by atoms with E-state index in [0.717, 1.165) is 11.0 Å². The summed E-state index contributed by atoms with van der Waals surface area (Å²) in [5, 5.41) is 0. The predicted octanol–water partition coefficient (Wildman–Crippen LogP) is 0.380. The van der Waals surface area contributed by atoms with Gasteiger partial charge >= 0.3 is 0 Å². The van der Waals surface area contributed by atoms with Gasteiger partial charge in [0.1, 0.15) is 0 Å². The van der Waals surface area contributed by atoms with Crippen molar-refractivity contribution >= 4 is 22.6 Å². The van der Waals surface area contributed by atoms with E-state index in [2.05, 4.69) is 22.6 Å². The zero-order valence-corrected chi connectivity index (χ0v) is 4.53. The van der Waals surface area contributed by atoms with Crippen LogP contribution in [-0.2, 0) is 0 Å². The third-order valence-electron chi connectivity index (χ3n) is 0.109. The second kappa shape index (κ2) is 3.69. The molecule has 0 aliphatic carbocycles. The molecule has 0 amide bonds. The fourth-order valence-electron chi connectivity index (χ4n) is 0. The van der Waals surface area contributed by atoms with Crippen molar-refractivity contribution in [1.29, 1.82) is 0 Å². The zero-order chi connectivity index (χ0) is 3.41. The lowest BCUT2D eigenvalue weighted by molar-refractivity contribution is 1.17. The summed E-state index contributed by atoms with van der Waals surface area (Å²) in [5.74, 6) is 0. The average molecular weight is 171 g/mol. The van der Waals surface area contributed by atoms with Crippen molar-refractivity contribution in [3.63, 3.8) is 0 Å². The van der Waals surface area contributed by atoms with Crippen LogP contribution in [0.5, 0.6) is 0 Å². The van der Waals surface area contributed by atoms with Crippen LogP contribution in [0.25, 0.3) is 0 Å². The highest BCUT2D eigenvalue weighted by Gasteiger charge is 1.57. The number of rotatable bonds is 1. The summed E-state index contributed by atoms with van der Waals surface area (Å²) in [6, 6.07) is 0. The van der Waals surface area contributed by atoms with E-state index >= 15 is 0 Å². The SMILES string of the molecule is NCCI. The molecule has 0 spiro atoms. The van der Waals surface area contributed by atoms with Gasteiger partial charge in [-0.2, -0.15) is 0 Å². The first-order valence-corrected chi connectivity index (χ1v) is 2.70. The average Bonchev–Trinajstić information content (AvgIpc) is 1.37. The molecular formula is C2H6IN. The highest BCUT2D eigenvalue weighted by Crippen LogP contribution is 1.69. The van der Waals surface area contributed by atoms with E-state index in [4.69, 9.17) is 5.73 Å². The van der Waals surface area contributed by atoms with Crippen LogP contribution in [0.15, 0.2) is 0 Å². The fraction of sp³-hybridized carbons (Fsp3) is 1.00. The minimum Gasteiger partial charge on any atom is -0.330 e. The summed E-state index contributed by atoms with van der Waals surface area (Å²) >= 11 is 2.23. The normalized spacial score (nSPS) is 7.50. The van der Waals surface area contributed by atoms with Crippen molar-refractivity contribution in [2.75, 3.05) is 11.0 Å². The molecular weight excluding hydrogens is 165 g/mol. The first-order chi connectivity index (χ1) is 1.91. The van der Waals surface area contributed by atoms with Crippen LogP contribution in [0.2, 0.25) is 0 Å². The molecule has 0 aromatic rings. The van der Waals surface area contributed by atoms with Gasteiger partial charge in [-0.3, -0.25) is 0 Å². The van der Waals surface area contributed by atoms with Crippen LogP contribution >= 0.6 is 22.6 Å². The number of hydrogen-bond acceptors (Lipinski definition) is 1. The molecule has 0 atom stereocenters. The summed E-state index contributed by atoms with van der Waals surface area (Å²) in [5.41, 5.74) is 5.02. The van der Waals surface area contributed by atoms with Gasteiger partial charge in [0, 0.05) is 11.0 Å². The molecule has 1 nitrogen and oxygen atoms in total. The molecule has 0 saturated heterocycles. The highest BCUT2D eigenvalue weighted by atomic mass is 127. The van der Waals surface area contributed by atoms with E-state index in [1.165, 1.54) is 0 Å². The van der Waals surface area contributed by atoms with Crippen molar-refractivity contribution in [2.45, 2.75) is 0 Å². The van der Waals surface area contributed by atoms with Crippen molar-refractivity contribution in [3.8, 4) is 0 Å². The number of hydrogen-bond donors (Lipinski definition) is 1. The molecule has 0 aromatic carbocycles. The molecule has 0 heterocycles. The third-order valence-corrected chi connectivity index (χ3v) is 0.732. The summed E-state index contributed by atoms with van der Waals surface area (Å²) in [6.45, 7) is 0.806. The maximum Gasteiger partial charge on any atom is 0.0119 e. The van der Waals surface area contributed by atoms with Gasteiger partial charge in [-0.25, -0.2) is 0 Å². The number of halogens is 1. The van der Waals surface area contributed by atoms with Gasteiger partial charge in [-0.1, -0.05) is 22.6 Å². The monoisotopic (exact) mass is 171 g/mol. The van der Waals surface area contributed by atoms with Crippen molar-refractivity contribution in [3.05, 3.63) is 0 Å². The maximum absolute atomic E-state index is 5.02. The topological polar surface area (TPSA) is 26.0 Å². The lowest BCUT2D eigenvalue weighted by atomic mass is 10.8. The number of alkyl halides is 1. The second-order valence-electron chi connectivity index (χ2n) is 0.478. The Bertz CT molecular complexity index is 8.00. The minimum absolute atomic E-state index is 0.806. The van der Waals surface area contributed by atoms with Gasteiger partial charge in [0.15, 0.2) is 0 Å². The van der Waals surface area contributed by atoms with E-state index in [9.17, 15) is 0 Å². The summed E-state index contributed by atoms with van der Waals surface area (Å²) in [4.78, 5) is 0. The quantitative estimate of drug-likeness (QED) is 0.447. The van der Waals surface area contributed by atoms with Gasteiger partial charge in [-0.05, 0) is 0 Å². The fourth-order valence-corrected chi connectivity index (χ4v) is 0. The van der Waals surface area contributed by atoms with Crippen LogP contribution in [0.3, 0.4) is 0 Å². The maximum atomic E-state index is 5.02. The lowest BCUT2D eigenvalue weighted by Gasteiger charge is -1.68. The van der Waals surface area contributed by atoms with Crippen molar-refractivity contribution in [1.82, 2.24) is 0 Å². The minimum atomic E-state index is 0.806. The Balaban J connectivity index is 1.97. The molecule has 2 N–H and O–H groups in total. The highest BCUT2D eigenvalue weighted by molar-refractivity contribution is 14.1. The molecule has 0 radical (unpaired) electrons. The number of nitrogens with two attached hydrogens (primary N) is 1. The molecule has 0 aromatic heterocycles. The lowest BCUT2D eigenvalue weighted by Crippen LogP contribution is -1.97. The Morgan fingerprint density at radius 1 is 1.75 bits per heavy atom. The molecule has 0 bridgehead atoms. The van der Waals surface area contributed by atoms with E-state index in [1.807, 2.05) is 0 Å². The molecule has 0 fully saturated rings. The third kappa shape index (κ3) is 2.69. The second-order valence-corrected chi connectivity index (χ2v) is 1.56. The van der Waals surface area contributed by atoms with E-state index in [1.54, 1.807) is 0 Å². The largest absolute Gasteiger partial charge is 0.330 e. The molecule has 26 valence electrons. The Labute approximate surface area is 39.7 Å². The summed E-state index contributed by atoms with van der Waals surface area (Å²) in [6.07, 6.45) is 0. The Morgan fingerprint density at radius 2 is 2.00 bits per heavy atom. The van der Waals surface area contributed by atoms with Gasteiger partial charge in [0.2, 0.25) is 0 Å². The van der Waals surface area contributed by atoms with E-state index in [0.29, 0.717) is 0 Å². The molecule has 0 aliphatic heterocycles. The molecule has 0 rings (SSSR count). The van der Waals surface area contributed by atoms with Gasteiger partial charge in [0.25, 0.3) is 0 Å². The van der Waals surface area contributed by atoms with E-state index < -0.39 is 0 Å².